The highest BCUT2D eigenvalue weighted by atomic mass is 19.1. The van der Waals surface area contributed by atoms with Crippen LogP contribution >= 0.6 is 0 Å². The molecule has 2 heterocycles. The van der Waals surface area contributed by atoms with Crippen molar-refractivity contribution in [3.8, 4) is 18.2 Å². The lowest BCUT2D eigenvalue weighted by Crippen LogP contribution is -2.57. The standard InChI is InChI=1S/C23H17FN4O2/c1-14-3-5-16(6-4-14)19-21(11-25,12-26)22(13-27)15(2)23(29-19,30-20(22)28)17-7-9-18(24)10-8-17/h3-10,15,19,28H,1-2H3. The predicted molar refractivity (Wildman–Crippen MR) is 103 cm³/mol. The third-order valence-corrected chi connectivity index (χ3v) is 6.30. The van der Waals surface area contributed by atoms with Gasteiger partial charge in [-0.15, -0.1) is 0 Å². The SMILES string of the molecule is Cc1ccc(C2OC3(c4ccc(F)cc4)OC(=N)C(C#N)(C3C)C2(C#N)C#N)cc1. The Bertz CT molecular complexity index is 1140. The number of aryl methyl sites for hydroxylation is 1. The Labute approximate surface area is 173 Å². The molecule has 7 heteroatoms. The number of ether oxygens (including phenoxy) is 2. The molecule has 2 saturated heterocycles. The average molecular weight is 400 g/mol. The van der Waals surface area contributed by atoms with Crippen LogP contribution in [0.15, 0.2) is 48.5 Å². The van der Waals surface area contributed by atoms with E-state index in [1.54, 1.807) is 19.1 Å². The highest BCUT2D eigenvalue weighted by Crippen LogP contribution is 2.68. The van der Waals surface area contributed by atoms with Gasteiger partial charge < -0.3 is 9.47 Å². The first-order valence-electron chi connectivity index (χ1n) is 9.33. The van der Waals surface area contributed by atoms with Crippen LogP contribution in [0, 0.1) is 68.9 Å². The maximum Gasteiger partial charge on any atom is 0.244 e. The Morgan fingerprint density at radius 3 is 2.10 bits per heavy atom. The molecule has 4 rings (SSSR count). The highest BCUT2D eigenvalue weighted by molar-refractivity contribution is 5.89. The van der Waals surface area contributed by atoms with Crippen molar-refractivity contribution in [3.05, 3.63) is 71.0 Å². The molecule has 2 aliphatic rings. The largest absolute Gasteiger partial charge is 0.443 e. The molecule has 2 aromatic rings. The van der Waals surface area contributed by atoms with E-state index in [1.165, 1.54) is 24.3 Å². The smallest absolute Gasteiger partial charge is 0.244 e. The van der Waals surface area contributed by atoms with Crippen LogP contribution in [0.25, 0.3) is 0 Å². The highest BCUT2D eigenvalue weighted by Gasteiger charge is 2.79. The lowest BCUT2D eigenvalue weighted by Gasteiger charge is -2.48. The molecular weight excluding hydrogens is 383 g/mol. The first kappa shape index (κ1) is 19.6. The van der Waals surface area contributed by atoms with E-state index >= 15 is 0 Å². The summed E-state index contributed by atoms with van der Waals surface area (Å²) in [5, 5.41) is 39.1. The zero-order valence-electron chi connectivity index (χ0n) is 16.3. The van der Waals surface area contributed by atoms with Gasteiger partial charge in [0.05, 0.1) is 24.1 Å². The zero-order valence-corrected chi connectivity index (χ0v) is 16.3. The molecule has 0 aliphatic carbocycles. The molecule has 4 unspecified atom stereocenters. The van der Waals surface area contributed by atoms with Crippen molar-refractivity contribution in [1.29, 1.82) is 21.2 Å². The summed E-state index contributed by atoms with van der Waals surface area (Å²) in [6.07, 6.45) is -1.17. The molecular formula is C23H17FN4O2. The van der Waals surface area contributed by atoms with E-state index in [0.717, 1.165) is 5.56 Å². The minimum Gasteiger partial charge on any atom is -0.443 e. The summed E-state index contributed by atoms with van der Waals surface area (Å²) in [6, 6.07) is 18.5. The summed E-state index contributed by atoms with van der Waals surface area (Å²) in [4.78, 5) is 0. The molecule has 2 bridgehead atoms. The van der Waals surface area contributed by atoms with Crippen molar-refractivity contribution in [2.24, 2.45) is 16.7 Å². The summed E-state index contributed by atoms with van der Waals surface area (Å²) in [5.74, 6) is -3.46. The Hall–Kier alpha value is -3.73. The normalized spacial score (nSPS) is 31.1. The van der Waals surface area contributed by atoms with E-state index in [-0.39, 0.29) is 0 Å². The van der Waals surface area contributed by atoms with E-state index in [4.69, 9.17) is 14.9 Å². The summed E-state index contributed by atoms with van der Waals surface area (Å²) >= 11 is 0. The van der Waals surface area contributed by atoms with Crippen molar-refractivity contribution >= 4 is 5.90 Å². The summed E-state index contributed by atoms with van der Waals surface area (Å²) in [5.41, 5.74) is -2.01. The molecule has 6 nitrogen and oxygen atoms in total. The van der Waals surface area contributed by atoms with Crippen LogP contribution < -0.4 is 0 Å². The quantitative estimate of drug-likeness (QED) is 0.810. The maximum absolute atomic E-state index is 13.6. The Morgan fingerprint density at radius 1 is 0.967 bits per heavy atom. The third kappa shape index (κ3) is 2.15. The molecule has 2 fully saturated rings. The van der Waals surface area contributed by atoms with Crippen LogP contribution in [0.1, 0.15) is 29.7 Å². The number of benzene rings is 2. The van der Waals surface area contributed by atoms with Crippen molar-refractivity contribution in [2.75, 3.05) is 0 Å². The second-order valence-corrected chi connectivity index (χ2v) is 7.69. The summed E-state index contributed by atoms with van der Waals surface area (Å²) < 4.78 is 25.8. The van der Waals surface area contributed by atoms with Gasteiger partial charge in [-0.3, -0.25) is 5.41 Å². The monoisotopic (exact) mass is 400 g/mol. The van der Waals surface area contributed by atoms with Gasteiger partial charge in [0.2, 0.25) is 17.1 Å². The van der Waals surface area contributed by atoms with Gasteiger partial charge in [0.15, 0.2) is 5.41 Å². The molecule has 0 amide bonds. The maximum atomic E-state index is 13.6. The average Bonchev–Trinajstić information content (AvgIpc) is 2.91. The van der Waals surface area contributed by atoms with E-state index in [9.17, 15) is 20.2 Å². The molecule has 30 heavy (non-hydrogen) atoms. The molecule has 2 aliphatic heterocycles. The van der Waals surface area contributed by atoms with Gasteiger partial charge in [0, 0.05) is 5.56 Å². The molecule has 0 spiro atoms. The minimum absolute atomic E-state index is 0.403. The van der Waals surface area contributed by atoms with Gasteiger partial charge in [-0.2, -0.15) is 15.8 Å². The third-order valence-electron chi connectivity index (χ3n) is 6.30. The van der Waals surface area contributed by atoms with Crippen LogP contribution in [0.2, 0.25) is 0 Å². The molecule has 0 aromatic heterocycles. The fourth-order valence-corrected chi connectivity index (χ4v) is 4.59. The van der Waals surface area contributed by atoms with Gasteiger partial charge in [0.1, 0.15) is 11.9 Å². The zero-order chi connectivity index (χ0) is 21.7. The number of fused-ring (bicyclic) bond motifs is 2. The molecule has 0 saturated carbocycles. The van der Waals surface area contributed by atoms with Crippen molar-refractivity contribution in [1.82, 2.24) is 0 Å². The number of nitriles is 3. The van der Waals surface area contributed by atoms with Crippen molar-refractivity contribution in [2.45, 2.75) is 25.7 Å². The van der Waals surface area contributed by atoms with Gasteiger partial charge in [-0.1, -0.05) is 36.8 Å². The topological polar surface area (TPSA) is 114 Å². The molecule has 4 atom stereocenters. The second-order valence-electron chi connectivity index (χ2n) is 7.69. The fourth-order valence-electron chi connectivity index (χ4n) is 4.59. The predicted octanol–water partition coefficient (Wildman–Crippen LogP) is 4.25. The number of halogens is 1. The number of hydrogen-bond donors (Lipinski definition) is 1. The van der Waals surface area contributed by atoms with Crippen molar-refractivity contribution < 1.29 is 13.9 Å². The van der Waals surface area contributed by atoms with Crippen LogP contribution in [-0.2, 0) is 15.3 Å². The summed E-state index contributed by atoms with van der Waals surface area (Å²) in [6.45, 7) is 3.51. The van der Waals surface area contributed by atoms with Crippen LogP contribution in [-0.4, -0.2) is 5.90 Å². The van der Waals surface area contributed by atoms with Gasteiger partial charge in [-0.05, 0) is 36.8 Å². The number of hydrogen-bond acceptors (Lipinski definition) is 6. The lowest BCUT2D eigenvalue weighted by molar-refractivity contribution is -0.288. The Kier molecular flexibility index (Phi) is 4.17. The van der Waals surface area contributed by atoms with Crippen LogP contribution in [0.3, 0.4) is 0 Å². The first-order valence-corrected chi connectivity index (χ1v) is 9.33. The van der Waals surface area contributed by atoms with Gasteiger partial charge in [0.25, 0.3) is 0 Å². The molecule has 148 valence electrons. The van der Waals surface area contributed by atoms with E-state index in [2.05, 4.69) is 6.07 Å². The second kappa shape index (κ2) is 6.39. The van der Waals surface area contributed by atoms with E-state index < -0.39 is 40.4 Å². The van der Waals surface area contributed by atoms with E-state index in [1.807, 2.05) is 31.2 Å². The Balaban J connectivity index is 2.03. The lowest BCUT2D eigenvalue weighted by atomic mass is 9.53. The van der Waals surface area contributed by atoms with E-state index in [0.29, 0.717) is 11.1 Å². The molecule has 0 radical (unpaired) electrons. The van der Waals surface area contributed by atoms with Crippen LogP contribution in [0.5, 0.6) is 0 Å². The molecule has 1 N–H and O–H groups in total. The fraction of sp³-hybridized carbons (Fsp3) is 0.304. The van der Waals surface area contributed by atoms with Crippen molar-refractivity contribution in [3.63, 3.8) is 0 Å². The first-order chi connectivity index (χ1) is 14.3. The number of nitrogens with one attached hydrogen (secondary N) is 1. The van der Waals surface area contributed by atoms with Gasteiger partial charge in [-0.25, -0.2) is 4.39 Å². The number of rotatable bonds is 2. The van der Waals surface area contributed by atoms with Gasteiger partial charge >= 0.3 is 0 Å². The minimum atomic E-state index is -2.02. The summed E-state index contributed by atoms with van der Waals surface area (Å²) in [7, 11) is 0. The molecule has 2 aromatic carbocycles. The number of nitrogens with zero attached hydrogens (tertiary/aromatic N) is 3. The Morgan fingerprint density at radius 2 is 1.57 bits per heavy atom. The van der Waals surface area contributed by atoms with Crippen LogP contribution in [0.4, 0.5) is 4.39 Å².